The number of halogens is 1. The smallest absolute Gasteiger partial charge is 0.338 e. The fraction of sp³-hybridized carbons (Fsp3) is 0.333. The van der Waals surface area contributed by atoms with Gasteiger partial charge < -0.3 is 9.84 Å². The third-order valence-corrected chi connectivity index (χ3v) is 8.96. The third kappa shape index (κ3) is 5.07. The minimum absolute atomic E-state index is 0.119. The Balaban J connectivity index is 1.53. The first-order valence-corrected chi connectivity index (χ1v) is 13.2. The van der Waals surface area contributed by atoms with Gasteiger partial charge in [-0.3, -0.25) is 4.72 Å². The number of ether oxygens (including phenoxy) is 1. The maximum Gasteiger partial charge on any atom is 0.338 e. The Labute approximate surface area is 201 Å². The van der Waals surface area contributed by atoms with Crippen molar-refractivity contribution in [2.24, 2.45) is 5.92 Å². The summed E-state index contributed by atoms with van der Waals surface area (Å²) in [6, 6.07) is 9.86. The minimum atomic E-state index is -4.15. The fourth-order valence-corrected chi connectivity index (χ4v) is 6.40. The molecule has 3 aromatic rings. The third-order valence-electron chi connectivity index (χ3n) is 6.16. The lowest BCUT2D eigenvalue weighted by atomic mass is 9.79. The first-order chi connectivity index (χ1) is 16.2. The maximum atomic E-state index is 14.1. The Morgan fingerprint density at radius 3 is 2.47 bits per heavy atom. The zero-order valence-corrected chi connectivity index (χ0v) is 20.4. The van der Waals surface area contributed by atoms with Gasteiger partial charge in [-0.2, -0.15) is 8.42 Å². The van der Waals surface area contributed by atoms with Crippen LogP contribution in [0.2, 0.25) is 0 Å². The van der Waals surface area contributed by atoms with Crippen molar-refractivity contribution in [1.82, 2.24) is 4.98 Å². The lowest BCUT2D eigenvalue weighted by molar-refractivity contribution is 0.0691. The van der Waals surface area contributed by atoms with Crippen molar-refractivity contribution in [1.29, 1.82) is 0 Å². The Morgan fingerprint density at radius 1 is 1.18 bits per heavy atom. The number of carboxylic acid groups (broad SMARTS) is 1. The molecule has 1 aliphatic rings. The van der Waals surface area contributed by atoms with Crippen molar-refractivity contribution < 1.29 is 27.4 Å². The van der Waals surface area contributed by atoms with E-state index >= 15 is 0 Å². The number of methoxy groups -OCH3 is 1. The van der Waals surface area contributed by atoms with Crippen LogP contribution in [0.25, 0.3) is 10.4 Å². The van der Waals surface area contributed by atoms with Crippen LogP contribution in [0.4, 0.5) is 10.1 Å². The zero-order valence-electron chi connectivity index (χ0n) is 18.7. The van der Waals surface area contributed by atoms with Crippen molar-refractivity contribution in [2.75, 3.05) is 11.8 Å². The van der Waals surface area contributed by atoms with Gasteiger partial charge in [0.05, 0.1) is 23.2 Å². The molecule has 0 unspecified atom stereocenters. The van der Waals surface area contributed by atoms with E-state index in [1.165, 1.54) is 44.6 Å². The number of hydrogen-bond donors (Lipinski definition) is 2. The summed E-state index contributed by atoms with van der Waals surface area (Å²) in [5, 5.41) is 9.06. The number of nitrogens with zero attached hydrogens (tertiary/aromatic N) is 1. The second-order valence-electron chi connectivity index (χ2n) is 8.51. The number of carbonyl (C=O) groups is 1. The summed E-state index contributed by atoms with van der Waals surface area (Å²) in [6.45, 7) is 2.29. The molecule has 0 amide bonds. The van der Waals surface area contributed by atoms with Crippen LogP contribution in [0.1, 0.15) is 54.4 Å². The van der Waals surface area contributed by atoms with Gasteiger partial charge >= 0.3 is 5.97 Å². The molecule has 1 aliphatic carbocycles. The van der Waals surface area contributed by atoms with Crippen LogP contribution in [0.15, 0.2) is 46.9 Å². The molecule has 0 bridgehead atoms. The van der Waals surface area contributed by atoms with Gasteiger partial charge in [0.25, 0.3) is 10.0 Å². The highest BCUT2D eigenvalue weighted by molar-refractivity contribution is 7.94. The molecule has 0 aliphatic heterocycles. The van der Waals surface area contributed by atoms with Crippen LogP contribution in [-0.2, 0) is 10.0 Å². The van der Waals surface area contributed by atoms with Crippen LogP contribution in [0.5, 0.6) is 5.75 Å². The fourth-order valence-electron chi connectivity index (χ4n) is 4.18. The molecule has 2 N–H and O–H groups in total. The molecule has 4 rings (SSSR count). The number of anilines is 1. The van der Waals surface area contributed by atoms with E-state index in [1.54, 1.807) is 0 Å². The van der Waals surface area contributed by atoms with Gasteiger partial charge in [-0.1, -0.05) is 44.0 Å². The average Bonchev–Trinajstić information content (AvgIpc) is 3.31. The number of aromatic nitrogens is 1. The molecule has 7 nitrogen and oxygen atoms in total. The number of aromatic carboxylic acids is 1. The summed E-state index contributed by atoms with van der Waals surface area (Å²) < 4.78 is 47.0. The van der Waals surface area contributed by atoms with Gasteiger partial charge in [-0.15, -0.1) is 11.3 Å². The number of rotatable bonds is 7. The van der Waals surface area contributed by atoms with E-state index in [1.807, 2.05) is 12.1 Å². The van der Waals surface area contributed by atoms with Crippen molar-refractivity contribution in [3.8, 4) is 16.2 Å². The van der Waals surface area contributed by atoms with Crippen LogP contribution in [0.3, 0.4) is 0 Å². The Kier molecular flexibility index (Phi) is 6.90. The Morgan fingerprint density at radius 2 is 1.85 bits per heavy atom. The van der Waals surface area contributed by atoms with E-state index in [2.05, 4.69) is 28.8 Å². The minimum Gasteiger partial charge on any atom is -0.495 e. The van der Waals surface area contributed by atoms with E-state index in [0.29, 0.717) is 10.8 Å². The molecule has 0 saturated heterocycles. The molecule has 10 heteroatoms. The lowest BCUT2D eigenvalue weighted by Crippen LogP contribution is -2.14. The van der Waals surface area contributed by atoms with E-state index in [4.69, 9.17) is 9.84 Å². The molecule has 1 heterocycles. The number of nitrogens with one attached hydrogen (secondary N) is 1. The summed E-state index contributed by atoms with van der Waals surface area (Å²) in [7, 11) is -2.92. The molecule has 1 fully saturated rings. The molecule has 2 aromatic carbocycles. The molecule has 0 spiro atoms. The first kappa shape index (κ1) is 24.2. The van der Waals surface area contributed by atoms with Gasteiger partial charge in [-0.25, -0.2) is 14.2 Å². The van der Waals surface area contributed by atoms with E-state index in [9.17, 15) is 17.6 Å². The van der Waals surface area contributed by atoms with Crippen molar-refractivity contribution in [3.05, 3.63) is 59.5 Å². The number of sulfonamides is 1. The van der Waals surface area contributed by atoms with Gasteiger partial charge in [0.15, 0.2) is 0 Å². The molecule has 34 heavy (non-hydrogen) atoms. The monoisotopic (exact) mass is 504 g/mol. The topological polar surface area (TPSA) is 106 Å². The second-order valence-corrected chi connectivity index (χ2v) is 11.4. The predicted octanol–water partition coefficient (Wildman–Crippen LogP) is 5.75. The summed E-state index contributed by atoms with van der Waals surface area (Å²) in [6.07, 6.45) is 6.34. The van der Waals surface area contributed by atoms with E-state index in [-0.39, 0.29) is 15.8 Å². The molecule has 0 atom stereocenters. The molecule has 0 radical (unpaired) electrons. The largest absolute Gasteiger partial charge is 0.495 e. The van der Waals surface area contributed by atoms with Gasteiger partial charge in [0.1, 0.15) is 11.6 Å². The zero-order chi connectivity index (χ0) is 24.5. The number of hydrogen-bond acceptors (Lipinski definition) is 6. The Hall–Kier alpha value is -2.98. The molecular weight excluding hydrogens is 479 g/mol. The van der Waals surface area contributed by atoms with Gasteiger partial charge in [0.2, 0.25) is 4.34 Å². The average molecular weight is 505 g/mol. The number of benzene rings is 2. The molecule has 1 saturated carbocycles. The SMILES string of the molecule is COc1cc(C(=O)O)c(F)cc1NS(=O)(=O)c1ncc(-c2ccc([C@H]3CC[C@H](C)CC3)cc2)s1. The number of thiazole rings is 1. The molecular formula is C24H25FN2O5S2. The molecule has 1 aromatic heterocycles. The van der Waals surface area contributed by atoms with Crippen LogP contribution >= 0.6 is 11.3 Å². The van der Waals surface area contributed by atoms with Gasteiger partial charge in [-0.05, 0) is 41.9 Å². The standard InChI is InChI=1S/C24H25FN2O5S2/c1-14-3-5-15(6-4-14)16-7-9-17(10-8-16)22-13-26-24(33-22)34(30,31)27-20-12-19(25)18(23(28)29)11-21(20)32-2/h7-15,27H,3-6H2,1-2H3,(H,28,29)/t14-,15-. The lowest BCUT2D eigenvalue weighted by Gasteiger charge is -2.26. The van der Waals surface area contributed by atoms with Crippen LogP contribution in [0, 0.1) is 11.7 Å². The van der Waals surface area contributed by atoms with Crippen molar-refractivity contribution >= 4 is 33.0 Å². The summed E-state index contributed by atoms with van der Waals surface area (Å²) in [4.78, 5) is 15.9. The summed E-state index contributed by atoms with van der Waals surface area (Å²) in [5.41, 5.74) is 1.32. The normalized spacial score (nSPS) is 18.4. The quantitative estimate of drug-likeness (QED) is 0.424. The van der Waals surface area contributed by atoms with Crippen molar-refractivity contribution in [3.63, 3.8) is 0 Å². The second kappa shape index (κ2) is 9.71. The van der Waals surface area contributed by atoms with Crippen LogP contribution < -0.4 is 9.46 Å². The first-order valence-electron chi connectivity index (χ1n) is 10.9. The van der Waals surface area contributed by atoms with E-state index in [0.717, 1.165) is 35.0 Å². The van der Waals surface area contributed by atoms with Crippen molar-refractivity contribution in [2.45, 2.75) is 42.9 Å². The molecule has 180 valence electrons. The van der Waals surface area contributed by atoms with Gasteiger partial charge in [0, 0.05) is 12.3 Å². The summed E-state index contributed by atoms with van der Waals surface area (Å²) in [5.74, 6) is -1.34. The highest BCUT2D eigenvalue weighted by atomic mass is 32.2. The number of carboxylic acids is 1. The summed E-state index contributed by atoms with van der Waals surface area (Å²) >= 11 is 0.989. The highest BCUT2D eigenvalue weighted by Crippen LogP contribution is 2.37. The maximum absolute atomic E-state index is 14.1. The van der Waals surface area contributed by atoms with Crippen LogP contribution in [-0.4, -0.2) is 31.6 Å². The Bertz CT molecular complexity index is 1300. The highest BCUT2D eigenvalue weighted by Gasteiger charge is 2.24. The predicted molar refractivity (Wildman–Crippen MR) is 129 cm³/mol. The van der Waals surface area contributed by atoms with E-state index < -0.39 is 27.4 Å².